The first-order valence-electron chi connectivity index (χ1n) is 10.3. The lowest BCUT2D eigenvalue weighted by molar-refractivity contribution is -0.130. The number of fused-ring (bicyclic) bond motifs is 1. The van der Waals surface area contributed by atoms with Crippen LogP contribution in [-0.4, -0.2) is 46.7 Å². The summed E-state index contributed by atoms with van der Waals surface area (Å²) in [6.45, 7) is 2.36. The maximum absolute atomic E-state index is 13.1. The summed E-state index contributed by atoms with van der Waals surface area (Å²) in [5.74, 6) is 0.146. The molecule has 1 N–H and O–H groups in total. The molecular weight excluding hydrogens is 378 g/mol. The highest BCUT2D eigenvalue weighted by Crippen LogP contribution is 2.20. The SMILES string of the molecule is O=C(Cc1cccnc1)N(CCc1cccc2ccccc12)C[C@H]1NCC[C@H]1S. The van der Waals surface area contributed by atoms with Crippen LogP contribution in [-0.2, 0) is 17.6 Å². The molecule has 150 valence electrons. The fourth-order valence-corrected chi connectivity index (χ4v) is 4.38. The second-order valence-corrected chi connectivity index (χ2v) is 8.35. The molecule has 0 spiro atoms. The first kappa shape index (κ1) is 19.9. The van der Waals surface area contributed by atoms with E-state index in [1.165, 1.54) is 16.3 Å². The highest BCUT2D eigenvalue weighted by molar-refractivity contribution is 7.81. The van der Waals surface area contributed by atoms with Crippen molar-refractivity contribution in [3.05, 3.63) is 78.1 Å². The Morgan fingerprint density at radius 3 is 2.79 bits per heavy atom. The van der Waals surface area contributed by atoms with Gasteiger partial charge in [0.1, 0.15) is 0 Å². The number of benzene rings is 2. The van der Waals surface area contributed by atoms with E-state index in [-0.39, 0.29) is 11.9 Å². The van der Waals surface area contributed by atoms with Crippen LogP contribution in [0.3, 0.4) is 0 Å². The predicted octanol–water partition coefficient (Wildman–Crippen LogP) is 3.51. The number of nitrogens with one attached hydrogen (secondary N) is 1. The first-order valence-corrected chi connectivity index (χ1v) is 10.8. The minimum atomic E-state index is 0.146. The molecular formula is C24H27N3OS. The van der Waals surface area contributed by atoms with Crippen LogP contribution in [0.4, 0.5) is 0 Å². The molecule has 3 aromatic rings. The second kappa shape index (κ2) is 9.42. The predicted molar refractivity (Wildman–Crippen MR) is 121 cm³/mol. The zero-order chi connectivity index (χ0) is 20.1. The number of hydrogen-bond donors (Lipinski definition) is 2. The van der Waals surface area contributed by atoms with Crippen molar-refractivity contribution in [3.63, 3.8) is 0 Å². The quantitative estimate of drug-likeness (QED) is 0.592. The summed E-state index contributed by atoms with van der Waals surface area (Å²) >= 11 is 4.71. The van der Waals surface area contributed by atoms with Gasteiger partial charge in [0.15, 0.2) is 0 Å². The van der Waals surface area contributed by atoms with E-state index in [9.17, 15) is 4.79 Å². The van der Waals surface area contributed by atoms with E-state index in [0.29, 0.717) is 24.8 Å². The molecule has 5 heteroatoms. The zero-order valence-electron chi connectivity index (χ0n) is 16.5. The zero-order valence-corrected chi connectivity index (χ0v) is 17.4. The number of hydrogen-bond acceptors (Lipinski definition) is 4. The molecule has 1 amide bonds. The summed E-state index contributed by atoms with van der Waals surface area (Å²) < 4.78 is 0. The maximum atomic E-state index is 13.1. The largest absolute Gasteiger partial charge is 0.340 e. The highest BCUT2D eigenvalue weighted by Gasteiger charge is 2.27. The van der Waals surface area contributed by atoms with Gasteiger partial charge in [0.25, 0.3) is 0 Å². The molecule has 1 aromatic heterocycles. The van der Waals surface area contributed by atoms with Crippen molar-refractivity contribution < 1.29 is 4.79 Å². The molecule has 4 rings (SSSR count). The van der Waals surface area contributed by atoms with Crippen molar-refractivity contribution in [2.75, 3.05) is 19.6 Å². The van der Waals surface area contributed by atoms with Crippen LogP contribution in [0.1, 0.15) is 17.5 Å². The van der Waals surface area contributed by atoms with Gasteiger partial charge in [0.05, 0.1) is 6.42 Å². The van der Waals surface area contributed by atoms with Crippen LogP contribution in [0.15, 0.2) is 67.0 Å². The molecule has 1 fully saturated rings. The number of rotatable bonds is 7. The fraction of sp³-hybridized carbons (Fsp3) is 0.333. The third kappa shape index (κ3) is 4.98. The topological polar surface area (TPSA) is 45.2 Å². The van der Waals surface area contributed by atoms with Crippen molar-refractivity contribution in [3.8, 4) is 0 Å². The molecule has 0 unspecified atom stereocenters. The van der Waals surface area contributed by atoms with Gasteiger partial charge in [-0.25, -0.2) is 0 Å². The molecule has 2 aromatic carbocycles. The minimum absolute atomic E-state index is 0.146. The lowest BCUT2D eigenvalue weighted by Crippen LogP contribution is -2.45. The van der Waals surface area contributed by atoms with Crippen molar-refractivity contribution in [1.29, 1.82) is 0 Å². The van der Waals surface area contributed by atoms with E-state index in [0.717, 1.165) is 24.9 Å². The number of carbonyl (C=O) groups is 1. The lowest BCUT2D eigenvalue weighted by Gasteiger charge is -2.28. The smallest absolute Gasteiger partial charge is 0.227 e. The van der Waals surface area contributed by atoms with Crippen molar-refractivity contribution in [2.24, 2.45) is 0 Å². The Kier molecular flexibility index (Phi) is 6.47. The highest BCUT2D eigenvalue weighted by atomic mass is 32.1. The van der Waals surface area contributed by atoms with Gasteiger partial charge in [0, 0.05) is 36.8 Å². The van der Waals surface area contributed by atoms with Gasteiger partial charge in [-0.15, -0.1) is 0 Å². The van der Waals surface area contributed by atoms with Crippen LogP contribution in [0.25, 0.3) is 10.8 Å². The monoisotopic (exact) mass is 405 g/mol. The second-order valence-electron chi connectivity index (χ2n) is 7.68. The molecule has 2 heterocycles. The molecule has 29 heavy (non-hydrogen) atoms. The third-order valence-electron chi connectivity index (χ3n) is 5.69. The Bertz CT molecular complexity index is 957. The van der Waals surface area contributed by atoms with Crippen molar-refractivity contribution >= 4 is 29.3 Å². The first-order chi connectivity index (χ1) is 14.2. The summed E-state index contributed by atoms with van der Waals surface area (Å²) in [5.41, 5.74) is 2.23. The number of nitrogens with zero attached hydrogens (tertiary/aromatic N) is 2. The van der Waals surface area contributed by atoms with Gasteiger partial charge >= 0.3 is 0 Å². The molecule has 0 bridgehead atoms. The van der Waals surface area contributed by atoms with Crippen molar-refractivity contribution in [1.82, 2.24) is 15.2 Å². The lowest BCUT2D eigenvalue weighted by atomic mass is 10.0. The van der Waals surface area contributed by atoms with E-state index >= 15 is 0 Å². The average Bonchev–Trinajstić information content (AvgIpc) is 3.16. The van der Waals surface area contributed by atoms with E-state index in [1.54, 1.807) is 12.4 Å². The molecule has 2 atom stereocenters. The number of aromatic nitrogens is 1. The Labute approximate surface area is 177 Å². The van der Waals surface area contributed by atoms with E-state index < -0.39 is 0 Å². The van der Waals surface area contributed by atoms with Gasteiger partial charge in [-0.1, -0.05) is 48.5 Å². The van der Waals surface area contributed by atoms with Crippen LogP contribution >= 0.6 is 12.6 Å². The summed E-state index contributed by atoms with van der Waals surface area (Å²) in [7, 11) is 0. The normalized spacial score (nSPS) is 18.8. The Morgan fingerprint density at radius 2 is 2.00 bits per heavy atom. The molecule has 1 aliphatic heterocycles. The van der Waals surface area contributed by atoms with Gasteiger partial charge in [-0.2, -0.15) is 12.6 Å². The average molecular weight is 406 g/mol. The summed E-state index contributed by atoms with van der Waals surface area (Å²) in [6.07, 6.45) is 5.77. The number of carbonyl (C=O) groups excluding carboxylic acids is 1. The van der Waals surface area contributed by atoms with E-state index in [2.05, 4.69) is 52.8 Å². The molecule has 0 saturated carbocycles. The molecule has 1 aliphatic rings. The van der Waals surface area contributed by atoms with Gasteiger partial charge < -0.3 is 10.2 Å². The van der Waals surface area contributed by atoms with Gasteiger partial charge in [-0.05, 0) is 47.4 Å². The third-order valence-corrected chi connectivity index (χ3v) is 6.31. The van der Waals surface area contributed by atoms with E-state index in [4.69, 9.17) is 12.6 Å². The molecule has 1 saturated heterocycles. The minimum Gasteiger partial charge on any atom is -0.340 e. The maximum Gasteiger partial charge on any atom is 0.227 e. The molecule has 4 nitrogen and oxygen atoms in total. The Morgan fingerprint density at radius 1 is 1.14 bits per heavy atom. The summed E-state index contributed by atoms with van der Waals surface area (Å²) in [5, 5.41) is 6.30. The summed E-state index contributed by atoms with van der Waals surface area (Å²) in [6, 6.07) is 18.9. The summed E-state index contributed by atoms with van der Waals surface area (Å²) in [4.78, 5) is 19.3. The Hall–Kier alpha value is -2.37. The molecule has 0 radical (unpaired) electrons. The van der Waals surface area contributed by atoms with Gasteiger partial charge in [-0.3, -0.25) is 9.78 Å². The number of thiol groups is 1. The van der Waals surface area contributed by atoms with Gasteiger partial charge in [0.2, 0.25) is 5.91 Å². The Balaban J connectivity index is 1.50. The van der Waals surface area contributed by atoms with E-state index in [1.807, 2.05) is 17.0 Å². The number of amides is 1. The van der Waals surface area contributed by atoms with Crippen LogP contribution < -0.4 is 5.32 Å². The standard InChI is InChI=1S/C24H27N3OS/c28-24(15-18-5-4-12-25-16-18)27(17-22-23(29)10-13-26-22)14-11-20-8-3-7-19-6-1-2-9-21(19)20/h1-9,12,16,22-23,26,29H,10-11,13-15,17H2/t22-,23-/m1/s1. The molecule has 0 aliphatic carbocycles. The van der Waals surface area contributed by atoms with Crippen LogP contribution in [0.2, 0.25) is 0 Å². The van der Waals surface area contributed by atoms with Crippen LogP contribution in [0.5, 0.6) is 0 Å². The fourth-order valence-electron chi connectivity index (χ4n) is 4.05. The number of pyridine rings is 1. The van der Waals surface area contributed by atoms with Crippen molar-refractivity contribution in [2.45, 2.75) is 30.6 Å². The van der Waals surface area contributed by atoms with Crippen LogP contribution in [0, 0.1) is 0 Å².